The number of carbonyl (C=O) groups is 4. The summed E-state index contributed by atoms with van der Waals surface area (Å²) in [6, 6.07) is 0. The summed E-state index contributed by atoms with van der Waals surface area (Å²) >= 11 is 0. The lowest BCUT2D eigenvalue weighted by molar-refractivity contribution is -0.161. The maximum Gasteiger partial charge on any atom is 0.472 e. The van der Waals surface area contributed by atoms with E-state index >= 15 is 0 Å². The number of phosphoric acid groups is 2. The van der Waals surface area contributed by atoms with Crippen LogP contribution in [-0.4, -0.2) is 96.7 Å². The highest BCUT2D eigenvalue weighted by Crippen LogP contribution is 2.45. The number of phosphoric ester groups is 2. The van der Waals surface area contributed by atoms with Crippen molar-refractivity contribution in [2.24, 2.45) is 17.8 Å². The van der Waals surface area contributed by atoms with Crippen LogP contribution in [0.3, 0.4) is 0 Å². The molecule has 0 aromatic heterocycles. The Bertz CT molecular complexity index is 1920. The third kappa shape index (κ3) is 74.1. The standard InChI is InChI=1S/C80H156O17P2/c1-8-9-10-11-37-47-54-61-77(82)90-67-75(97-80(85)64-57-50-43-36-40-46-53-60-73(6)7)69-94-98(86,87)92-65-74(81)66-93-99(88,89)95-70-76(96-79(84)63-56-49-42-35-31-27-23-19-15-13-17-21-25-29-33-39-45-52-59-72(4)5)68-91-78(83)62-55-48-41-34-30-26-22-18-14-12-16-20-24-28-32-38-44-51-58-71(2)3/h71-76,81H,8-70H2,1-7H3,(H,86,87)(H,88,89)/t74-,75+,76+/m0/s1. The number of hydrogen-bond donors (Lipinski definition) is 3. The zero-order valence-electron chi connectivity index (χ0n) is 65.0. The molecule has 588 valence electrons. The van der Waals surface area contributed by atoms with Crippen molar-refractivity contribution in [2.45, 2.75) is 433 Å². The summed E-state index contributed by atoms with van der Waals surface area (Å²) in [7, 11) is -9.91. The summed E-state index contributed by atoms with van der Waals surface area (Å²) in [6.45, 7) is 11.9. The highest BCUT2D eigenvalue weighted by Gasteiger charge is 2.30. The molecule has 0 heterocycles. The van der Waals surface area contributed by atoms with Crippen molar-refractivity contribution in [1.29, 1.82) is 0 Å². The van der Waals surface area contributed by atoms with E-state index in [1.165, 1.54) is 212 Å². The first-order chi connectivity index (χ1) is 47.7. The van der Waals surface area contributed by atoms with Crippen LogP contribution in [0.15, 0.2) is 0 Å². The van der Waals surface area contributed by atoms with Gasteiger partial charge in [-0.25, -0.2) is 9.13 Å². The molecule has 19 heteroatoms. The van der Waals surface area contributed by atoms with Gasteiger partial charge in [0, 0.05) is 25.7 Å². The first-order valence-electron chi connectivity index (χ1n) is 41.3. The van der Waals surface area contributed by atoms with Crippen LogP contribution in [0.1, 0.15) is 414 Å². The van der Waals surface area contributed by atoms with Crippen molar-refractivity contribution < 1.29 is 80.2 Å². The van der Waals surface area contributed by atoms with Crippen LogP contribution in [0.25, 0.3) is 0 Å². The third-order valence-corrected chi connectivity index (χ3v) is 20.5. The number of esters is 4. The van der Waals surface area contributed by atoms with E-state index in [0.29, 0.717) is 31.6 Å². The number of unbranched alkanes of at least 4 members (excludes halogenated alkanes) is 46. The Labute approximate surface area is 607 Å². The lowest BCUT2D eigenvalue weighted by Gasteiger charge is -2.21. The largest absolute Gasteiger partial charge is 0.472 e. The molecule has 0 spiro atoms. The quantitative estimate of drug-likeness (QED) is 0.0222. The predicted octanol–water partition coefficient (Wildman–Crippen LogP) is 23.7. The molecule has 0 rings (SSSR count). The fourth-order valence-electron chi connectivity index (χ4n) is 12.3. The van der Waals surface area contributed by atoms with E-state index in [4.69, 9.17) is 37.0 Å². The Morgan fingerprint density at radius 1 is 0.273 bits per heavy atom. The van der Waals surface area contributed by atoms with Crippen molar-refractivity contribution in [2.75, 3.05) is 39.6 Å². The first kappa shape index (κ1) is 97.1. The second-order valence-corrected chi connectivity index (χ2v) is 33.1. The second kappa shape index (κ2) is 70.4. The smallest absolute Gasteiger partial charge is 0.462 e. The molecule has 17 nitrogen and oxygen atoms in total. The molecule has 3 N–H and O–H groups in total. The summed E-state index contributed by atoms with van der Waals surface area (Å²) in [5.41, 5.74) is 0. The van der Waals surface area contributed by atoms with Crippen LogP contribution in [0.5, 0.6) is 0 Å². The Hall–Kier alpha value is -1.94. The normalized spacial score (nSPS) is 14.0. The minimum atomic E-state index is -4.96. The molecule has 0 aliphatic carbocycles. The van der Waals surface area contributed by atoms with Gasteiger partial charge in [-0.2, -0.15) is 0 Å². The number of hydrogen-bond acceptors (Lipinski definition) is 15. The Balaban J connectivity index is 5.13. The highest BCUT2D eigenvalue weighted by molar-refractivity contribution is 7.47. The van der Waals surface area contributed by atoms with Crippen LogP contribution in [0.2, 0.25) is 0 Å². The number of aliphatic hydroxyl groups excluding tert-OH is 1. The van der Waals surface area contributed by atoms with E-state index in [1.807, 2.05) is 0 Å². The molecule has 0 bridgehead atoms. The maximum atomic E-state index is 13.1. The van der Waals surface area contributed by atoms with Gasteiger partial charge in [0.05, 0.1) is 26.4 Å². The van der Waals surface area contributed by atoms with Crippen LogP contribution in [-0.2, 0) is 65.4 Å². The fourth-order valence-corrected chi connectivity index (χ4v) is 13.9. The van der Waals surface area contributed by atoms with Crippen LogP contribution in [0, 0.1) is 17.8 Å². The first-order valence-corrected chi connectivity index (χ1v) is 44.3. The lowest BCUT2D eigenvalue weighted by Crippen LogP contribution is -2.30. The minimum absolute atomic E-state index is 0.103. The number of carbonyl (C=O) groups excluding carboxylic acids is 4. The molecule has 2 unspecified atom stereocenters. The molecule has 0 radical (unpaired) electrons. The van der Waals surface area contributed by atoms with Crippen molar-refractivity contribution in [3.05, 3.63) is 0 Å². The third-order valence-electron chi connectivity index (χ3n) is 18.6. The Morgan fingerprint density at radius 3 is 0.687 bits per heavy atom. The molecule has 0 fully saturated rings. The van der Waals surface area contributed by atoms with Gasteiger partial charge < -0.3 is 33.8 Å². The summed E-state index contributed by atoms with van der Waals surface area (Å²) in [5.74, 6) is 0.218. The zero-order valence-corrected chi connectivity index (χ0v) is 66.8. The average molecular weight is 1450 g/mol. The molecule has 0 aromatic rings. The van der Waals surface area contributed by atoms with E-state index in [0.717, 1.165) is 115 Å². The highest BCUT2D eigenvalue weighted by atomic mass is 31.2. The molecule has 0 amide bonds. The summed E-state index contributed by atoms with van der Waals surface area (Å²) in [4.78, 5) is 72.7. The Morgan fingerprint density at radius 2 is 0.465 bits per heavy atom. The van der Waals surface area contributed by atoms with Gasteiger partial charge in [-0.1, -0.05) is 363 Å². The number of rotatable bonds is 78. The van der Waals surface area contributed by atoms with Gasteiger partial charge in [0.2, 0.25) is 0 Å². The molecule has 0 aliphatic rings. The van der Waals surface area contributed by atoms with Gasteiger partial charge in [0.25, 0.3) is 0 Å². The van der Waals surface area contributed by atoms with E-state index in [2.05, 4.69) is 48.5 Å². The van der Waals surface area contributed by atoms with Crippen LogP contribution >= 0.6 is 15.6 Å². The van der Waals surface area contributed by atoms with Crippen LogP contribution < -0.4 is 0 Å². The molecule has 0 saturated heterocycles. The lowest BCUT2D eigenvalue weighted by atomic mass is 10.0. The summed E-state index contributed by atoms with van der Waals surface area (Å²) in [6.07, 6.45) is 58.8. The Kier molecular flexibility index (Phi) is 69.0. The van der Waals surface area contributed by atoms with E-state index in [-0.39, 0.29) is 25.7 Å². The summed E-state index contributed by atoms with van der Waals surface area (Å²) in [5, 5.41) is 10.6. The number of ether oxygens (including phenoxy) is 4. The van der Waals surface area contributed by atoms with Gasteiger partial charge in [0.15, 0.2) is 12.2 Å². The SMILES string of the molecule is CCCCCCCCCC(=O)OC[C@H](COP(=O)(O)OC[C@H](O)COP(=O)(O)OC[C@@H](COC(=O)CCCCCCCCCCCCCCCCCCCCC(C)C)OC(=O)CCCCCCCCCCCCCCCCCCCCC(C)C)OC(=O)CCCCCCCCCC(C)C. The van der Waals surface area contributed by atoms with Gasteiger partial charge in [-0.3, -0.25) is 37.3 Å². The second-order valence-electron chi connectivity index (χ2n) is 30.2. The van der Waals surface area contributed by atoms with Gasteiger partial charge in [0.1, 0.15) is 19.3 Å². The van der Waals surface area contributed by atoms with Crippen molar-refractivity contribution in [1.82, 2.24) is 0 Å². The predicted molar refractivity (Wildman–Crippen MR) is 405 cm³/mol. The van der Waals surface area contributed by atoms with Gasteiger partial charge >= 0.3 is 39.5 Å². The molecule has 0 aliphatic heterocycles. The van der Waals surface area contributed by atoms with Crippen molar-refractivity contribution in [3.8, 4) is 0 Å². The zero-order chi connectivity index (χ0) is 73.0. The molecule has 0 aromatic carbocycles. The summed E-state index contributed by atoms with van der Waals surface area (Å²) < 4.78 is 68.5. The monoisotopic (exact) mass is 1450 g/mol. The van der Waals surface area contributed by atoms with Crippen molar-refractivity contribution in [3.63, 3.8) is 0 Å². The fraction of sp³-hybridized carbons (Fsp3) is 0.950. The van der Waals surface area contributed by atoms with E-state index in [9.17, 15) is 43.2 Å². The minimum Gasteiger partial charge on any atom is -0.462 e. The molecule has 0 saturated carbocycles. The molecule has 99 heavy (non-hydrogen) atoms. The topological polar surface area (TPSA) is 237 Å². The maximum absolute atomic E-state index is 13.1. The number of aliphatic hydroxyl groups is 1. The van der Waals surface area contributed by atoms with Crippen molar-refractivity contribution >= 4 is 39.5 Å². The molecule has 5 atom stereocenters. The van der Waals surface area contributed by atoms with Gasteiger partial charge in [-0.15, -0.1) is 0 Å². The average Bonchev–Trinajstić information content (AvgIpc) is 1.04. The van der Waals surface area contributed by atoms with E-state index in [1.54, 1.807) is 0 Å². The van der Waals surface area contributed by atoms with Crippen LogP contribution in [0.4, 0.5) is 0 Å². The molecular weight excluding hydrogens is 1290 g/mol. The molecular formula is C80H156O17P2. The van der Waals surface area contributed by atoms with E-state index < -0.39 is 97.5 Å². The van der Waals surface area contributed by atoms with Gasteiger partial charge in [-0.05, 0) is 43.4 Å².